The van der Waals surface area contributed by atoms with E-state index in [1.807, 2.05) is 0 Å². The molecule has 1 aromatic rings. The van der Waals surface area contributed by atoms with E-state index in [9.17, 15) is 19.8 Å². The highest BCUT2D eigenvalue weighted by Gasteiger charge is 2.42. The number of hydrogen-bond donors (Lipinski definition) is 2. The van der Waals surface area contributed by atoms with E-state index < -0.39 is 23.8 Å². The first-order chi connectivity index (χ1) is 10.4. The topological polar surface area (TPSA) is 96.2 Å². The van der Waals surface area contributed by atoms with E-state index in [0.29, 0.717) is 22.7 Å². The summed E-state index contributed by atoms with van der Waals surface area (Å²) in [6.45, 7) is 3.18. The lowest BCUT2D eigenvalue weighted by atomic mass is 9.75. The van der Waals surface area contributed by atoms with Crippen molar-refractivity contribution in [3.63, 3.8) is 0 Å². The molecule has 0 saturated heterocycles. The van der Waals surface area contributed by atoms with Crippen molar-refractivity contribution in [2.45, 2.75) is 19.8 Å². The molecule has 2 N–H and O–H groups in total. The first-order valence-electron chi connectivity index (χ1n) is 6.73. The summed E-state index contributed by atoms with van der Waals surface area (Å²) in [4.78, 5) is 27.5. The van der Waals surface area contributed by atoms with Gasteiger partial charge in [-0.25, -0.2) is 4.79 Å². The molecule has 0 fully saturated rings. The van der Waals surface area contributed by atoms with Gasteiger partial charge in [-0.2, -0.15) is 0 Å². The minimum absolute atomic E-state index is 0.0116. The van der Waals surface area contributed by atoms with Crippen LogP contribution in [-0.2, 0) is 9.59 Å². The highest BCUT2D eigenvalue weighted by molar-refractivity contribution is 6.06. The van der Waals surface area contributed by atoms with E-state index in [1.165, 1.54) is 7.11 Å². The number of nitrogens with zero attached hydrogens (tertiary/aromatic N) is 1. The van der Waals surface area contributed by atoms with Crippen LogP contribution >= 0.6 is 0 Å². The Hall–Kier alpha value is -2.63. The summed E-state index contributed by atoms with van der Waals surface area (Å²) in [6.07, 6.45) is 0. The van der Waals surface area contributed by atoms with E-state index in [1.54, 1.807) is 38.1 Å². The van der Waals surface area contributed by atoms with Crippen LogP contribution in [0.25, 0.3) is 0 Å². The molecule has 0 aliphatic carbocycles. The summed E-state index contributed by atoms with van der Waals surface area (Å²) < 4.78 is 5.28. The van der Waals surface area contributed by atoms with Gasteiger partial charge in [-0.05, 0) is 19.9 Å². The van der Waals surface area contributed by atoms with E-state index in [4.69, 9.17) is 4.74 Å². The fourth-order valence-corrected chi connectivity index (χ4v) is 2.89. The Balaban J connectivity index is 2.73. The average molecular weight is 303 g/mol. The third kappa shape index (κ3) is 2.59. The second-order valence-corrected chi connectivity index (χ2v) is 5.09. The van der Waals surface area contributed by atoms with Crippen LogP contribution in [0.3, 0.4) is 0 Å². The van der Waals surface area contributed by atoms with Crippen LogP contribution in [0.2, 0.25) is 0 Å². The van der Waals surface area contributed by atoms with Crippen LogP contribution in [0.4, 0.5) is 0 Å². The van der Waals surface area contributed by atoms with Crippen molar-refractivity contribution >= 4 is 17.7 Å². The number of carboxylic acids is 2. The summed E-state index contributed by atoms with van der Waals surface area (Å²) in [7, 11) is 1.47. The predicted molar refractivity (Wildman–Crippen MR) is 80.3 cm³/mol. The fourth-order valence-electron chi connectivity index (χ4n) is 2.89. The Kier molecular flexibility index (Phi) is 4.30. The Bertz CT molecular complexity index is 690. The minimum Gasteiger partial charge on any atom is -0.496 e. The molecule has 0 aromatic heterocycles. The summed E-state index contributed by atoms with van der Waals surface area (Å²) in [5, 5.41) is 19.1. The number of methoxy groups -OCH3 is 1. The minimum atomic E-state index is -1.17. The molecule has 1 aliphatic heterocycles. The third-order valence-corrected chi connectivity index (χ3v) is 3.80. The molecule has 0 spiro atoms. The molecular formula is C16H17NO5. The first-order valence-corrected chi connectivity index (χ1v) is 6.73. The Morgan fingerprint density at radius 1 is 1.18 bits per heavy atom. The van der Waals surface area contributed by atoms with Gasteiger partial charge in [0, 0.05) is 22.9 Å². The molecule has 0 bridgehead atoms. The SMILES string of the molecule is COc1ccccc1C1C(C(=O)O)=C(C)N=C(C)C1C(=O)O. The Morgan fingerprint density at radius 2 is 1.82 bits per heavy atom. The standard InChI is InChI=1S/C16H17NO5/c1-8-12(15(18)19)14(13(16(20)21)9(2)17-8)10-6-4-5-7-11(10)22-3/h4-7,12,14H,1-3H3,(H,18,19)(H,20,21). The lowest BCUT2D eigenvalue weighted by Gasteiger charge is -2.30. The molecule has 6 nitrogen and oxygen atoms in total. The van der Waals surface area contributed by atoms with Gasteiger partial charge in [-0.1, -0.05) is 18.2 Å². The molecule has 0 amide bonds. The molecule has 2 atom stereocenters. The van der Waals surface area contributed by atoms with Crippen molar-refractivity contribution in [3.05, 3.63) is 41.1 Å². The second-order valence-electron chi connectivity index (χ2n) is 5.09. The molecule has 116 valence electrons. The summed E-state index contributed by atoms with van der Waals surface area (Å²) >= 11 is 0. The fraction of sp³-hybridized carbons (Fsp3) is 0.312. The van der Waals surface area contributed by atoms with Crippen molar-refractivity contribution in [2.24, 2.45) is 10.9 Å². The van der Waals surface area contributed by atoms with E-state index >= 15 is 0 Å². The Labute approximate surface area is 127 Å². The summed E-state index contributed by atoms with van der Waals surface area (Å²) in [5.41, 5.74) is 1.22. The maximum absolute atomic E-state index is 11.7. The number of allylic oxidation sites excluding steroid dienone is 1. The zero-order valence-electron chi connectivity index (χ0n) is 12.5. The molecular weight excluding hydrogens is 286 g/mol. The normalized spacial score (nSPS) is 21.3. The molecule has 1 aliphatic rings. The van der Waals surface area contributed by atoms with Crippen molar-refractivity contribution in [1.82, 2.24) is 0 Å². The van der Waals surface area contributed by atoms with Crippen LogP contribution in [0.5, 0.6) is 5.75 Å². The van der Waals surface area contributed by atoms with E-state index in [-0.39, 0.29) is 5.57 Å². The molecule has 6 heteroatoms. The van der Waals surface area contributed by atoms with Crippen LogP contribution in [0, 0.1) is 5.92 Å². The van der Waals surface area contributed by atoms with Gasteiger partial charge in [-0.15, -0.1) is 0 Å². The molecule has 1 aromatic carbocycles. The van der Waals surface area contributed by atoms with E-state index in [0.717, 1.165) is 0 Å². The van der Waals surface area contributed by atoms with Crippen LogP contribution in [0.1, 0.15) is 25.3 Å². The highest BCUT2D eigenvalue weighted by Crippen LogP contribution is 2.42. The van der Waals surface area contributed by atoms with Gasteiger partial charge in [0.2, 0.25) is 0 Å². The quantitative estimate of drug-likeness (QED) is 0.889. The molecule has 2 unspecified atom stereocenters. The largest absolute Gasteiger partial charge is 0.496 e. The van der Waals surface area contributed by atoms with Crippen LogP contribution < -0.4 is 4.74 Å². The molecule has 0 radical (unpaired) electrons. The van der Waals surface area contributed by atoms with Crippen molar-refractivity contribution in [3.8, 4) is 5.75 Å². The number of ether oxygens (including phenoxy) is 1. The third-order valence-electron chi connectivity index (χ3n) is 3.80. The number of carboxylic acid groups (broad SMARTS) is 2. The summed E-state index contributed by atoms with van der Waals surface area (Å²) in [6, 6.07) is 6.85. The number of carbonyl (C=O) groups is 2. The number of aliphatic imine (C=N–C) groups is 1. The average Bonchev–Trinajstić information content (AvgIpc) is 2.45. The highest BCUT2D eigenvalue weighted by atomic mass is 16.5. The van der Waals surface area contributed by atoms with Crippen LogP contribution in [0.15, 0.2) is 40.5 Å². The first kappa shape index (κ1) is 15.8. The maximum Gasteiger partial charge on any atom is 0.334 e. The van der Waals surface area contributed by atoms with Gasteiger partial charge >= 0.3 is 11.9 Å². The van der Waals surface area contributed by atoms with E-state index in [2.05, 4.69) is 4.99 Å². The number of rotatable bonds is 4. The lowest BCUT2D eigenvalue weighted by molar-refractivity contribution is -0.140. The molecule has 2 rings (SSSR count). The number of aliphatic carboxylic acids is 2. The zero-order chi connectivity index (χ0) is 16.4. The molecule has 22 heavy (non-hydrogen) atoms. The van der Waals surface area contributed by atoms with Crippen molar-refractivity contribution < 1.29 is 24.5 Å². The van der Waals surface area contributed by atoms with Gasteiger partial charge in [-0.3, -0.25) is 9.79 Å². The lowest BCUT2D eigenvalue weighted by Crippen LogP contribution is -2.35. The molecule has 1 heterocycles. The molecule has 0 saturated carbocycles. The summed E-state index contributed by atoms with van der Waals surface area (Å²) in [5.74, 6) is -3.70. The zero-order valence-corrected chi connectivity index (χ0v) is 12.5. The monoisotopic (exact) mass is 303 g/mol. The van der Waals surface area contributed by atoms with Gasteiger partial charge in [0.15, 0.2) is 0 Å². The number of hydrogen-bond acceptors (Lipinski definition) is 4. The van der Waals surface area contributed by atoms with Crippen molar-refractivity contribution in [1.29, 1.82) is 0 Å². The maximum atomic E-state index is 11.7. The Morgan fingerprint density at radius 3 is 2.36 bits per heavy atom. The smallest absolute Gasteiger partial charge is 0.334 e. The van der Waals surface area contributed by atoms with Crippen LogP contribution in [-0.4, -0.2) is 35.0 Å². The second kappa shape index (κ2) is 6.01. The number of benzene rings is 1. The van der Waals surface area contributed by atoms with Gasteiger partial charge in [0.05, 0.1) is 12.7 Å². The van der Waals surface area contributed by atoms with Gasteiger partial charge in [0.25, 0.3) is 0 Å². The number of para-hydroxylation sites is 1. The van der Waals surface area contributed by atoms with Crippen molar-refractivity contribution in [2.75, 3.05) is 7.11 Å². The predicted octanol–water partition coefficient (Wildman–Crippen LogP) is 2.31. The van der Waals surface area contributed by atoms with Gasteiger partial charge < -0.3 is 14.9 Å². The van der Waals surface area contributed by atoms with Gasteiger partial charge in [0.1, 0.15) is 11.7 Å².